The maximum atomic E-state index is 12.9. The lowest BCUT2D eigenvalue weighted by Gasteiger charge is -2.45. The molecule has 2 aromatic carbocycles. The minimum atomic E-state index is -1.75. The van der Waals surface area contributed by atoms with Crippen molar-refractivity contribution in [2.24, 2.45) is 17.1 Å². The second kappa shape index (κ2) is 9.43. The van der Waals surface area contributed by atoms with E-state index in [1.54, 1.807) is 6.08 Å². The van der Waals surface area contributed by atoms with E-state index in [1.807, 2.05) is 54.6 Å². The third-order valence-electron chi connectivity index (χ3n) is 6.36. The number of nitriles is 3. The Morgan fingerprint density at radius 2 is 1.79 bits per heavy atom. The largest absolute Gasteiger partial charge is 0.445 e. The van der Waals surface area contributed by atoms with Crippen molar-refractivity contribution >= 4 is 22.0 Å². The molecule has 2 N–H and O–H groups in total. The van der Waals surface area contributed by atoms with Gasteiger partial charge in [-0.25, -0.2) is 4.79 Å². The molecule has 4 rings (SSSR count). The zero-order chi connectivity index (χ0) is 24.3. The van der Waals surface area contributed by atoms with Crippen LogP contribution in [0, 0.1) is 45.3 Å². The van der Waals surface area contributed by atoms with Gasteiger partial charge >= 0.3 is 6.09 Å². The third kappa shape index (κ3) is 3.92. The van der Waals surface area contributed by atoms with E-state index in [1.165, 1.54) is 4.90 Å². The number of amides is 1. The van der Waals surface area contributed by atoms with Crippen LogP contribution in [0.2, 0.25) is 0 Å². The smallest absolute Gasteiger partial charge is 0.410 e. The van der Waals surface area contributed by atoms with Gasteiger partial charge in [0.25, 0.3) is 0 Å². The number of carbonyl (C=O) groups excluding carboxylic acids is 1. The summed E-state index contributed by atoms with van der Waals surface area (Å²) in [5, 5.41) is 30.2. The fourth-order valence-corrected chi connectivity index (χ4v) is 4.95. The summed E-state index contributed by atoms with van der Waals surface area (Å²) in [6.07, 6.45) is 1.27. The predicted molar refractivity (Wildman–Crippen MR) is 127 cm³/mol. The number of benzene rings is 2. The Hall–Kier alpha value is -4.06. The minimum Gasteiger partial charge on any atom is -0.445 e. The molecule has 1 aliphatic carbocycles. The number of nitrogens with zero attached hydrogens (tertiary/aromatic N) is 4. The monoisotopic (exact) mass is 513 g/mol. The van der Waals surface area contributed by atoms with Gasteiger partial charge in [0.05, 0.1) is 23.4 Å². The number of nitrogens with two attached hydrogens (primary N) is 1. The second-order valence-corrected chi connectivity index (χ2v) is 9.09. The van der Waals surface area contributed by atoms with Gasteiger partial charge in [-0.05, 0) is 28.8 Å². The summed E-state index contributed by atoms with van der Waals surface area (Å²) >= 11 is 3.41. The normalized spacial score (nSPS) is 20.8. The van der Waals surface area contributed by atoms with Gasteiger partial charge in [-0.1, -0.05) is 64.5 Å². The summed E-state index contributed by atoms with van der Waals surface area (Å²) in [5.41, 5.74) is 6.90. The Labute approximate surface area is 206 Å². The summed E-state index contributed by atoms with van der Waals surface area (Å²) in [7, 11) is 0. The van der Waals surface area contributed by atoms with E-state index in [4.69, 9.17) is 10.5 Å². The van der Waals surface area contributed by atoms with E-state index in [-0.39, 0.29) is 31.0 Å². The van der Waals surface area contributed by atoms with Gasteiger partial charge in [0, 0.05) is 29.4 Å². The summed E-state index contributed by atoms with van der Waals surface area (Å²) in [5.74, 6) is -1.16. The van der Waals surface area contributed by atoms with Gasteiger partial charge in [0.1, 0.15) is 12.7 Å². The van der Waals surface area contributed by atoms with Crippen molar-refractivity contribution < 1.29 is 9.53 Å². The van der Waals surface area contributed by atoms with Gasteiger partial charge in [-0.3, -0.25) is 0 Å². The molecule has 1 amide bonds. The second-order valence-electron chi connectivity index (χ2n) is 8.17. The highest BCUT2D eigenvalue weighted by Gasteiger charge is 2.54. The van der Waals surface area contributed by atoms with Crippen molar-refractivity contribution in [3.05, 3.63) is 93.1 Å². The molecule has 8 heteroatoms. The lowest BCUT2D eigenvalue weighted by molar-refractivity contribution is 0.0898. The van der Waals surface area contributed by atoms with Crippen LogP contribution in [0.1, 0.15) is 17.0 Å². The number of fused-ring (bicyclic) bond motifs is 1. The molecule has 0 saturated carbocycles. The first-order valence-electron chi connectivity index (χ1n) is 10.6. The Bertz CT molecular complexity index is 1280. The van der Waals surface area contributed by atoms with Crippen LogP contribution in [0.4, 0.5) is 4.79 Å². The number of carbonyl (C=O) groups is 1. The standard InChI is InChI=1S/C26H20BrN5O2/c27-19-8-6-18(7-9-19)23-22-13-32(25(33)34-14-17-4-2-1-3-5-17)11-10-20(22)21(12-28)24(31)26(23,15-29)16-30/h1-10,22-23H,11,13-14,31H2. The van der Waals surface area contributed by atoms with Crippen molar-refractivity contribution in [3.8, 4) is 18.2 Å². The van der Waals surface area contributed by atoms with E-state index < -0.39 is 23.3 Å². The van der Waals surface area contributed by atoms with Crippen LogP contribution in [0.25, 0.3) is 0 Å². The maximum Gasteiger partial charge on any atom is 0.410 e. The van der Waals surface area contributed by atoms with Gasteiger partial charge < -0.3 is 15.4 Å². The molecule has 2 atom stereocenters. The minimum absolute atomic E-state index is 0.0458. The van der Waals surface area contributed by atoms with E-state index >= 15 is 0 Å². The Morgan fingerprint density at radius 1 is 1.12 bits per heavy atom. The third-order valence-corrected chi connectivity index (χ3v) is 6.89. The van der Waals surface area contributed by atoms with E-state index in [9.17, 15) is 20.6 Å². The Balaban J connectivity index is 1.73. The van der Waals surface area contributed by atoms with Crippen LogP contribution < -0.4 is 5.73 Å². The molecule has 2 unspecified atom stereocenters. The summed E-state index contributed by atoms with van der Waals surface area (Å²) in [6.45, 7) is 0.547. The molecule has 2 aliphatic rings. The van der Waals surface area contributed by atoms with Crippen molar-refractivity contribution in [2.45, 2.75) is 12.5 Å². The Morgan fingerprint density at radius 3 is 2.41 bits per heavy atom. The molecule has 0 fully saturated rings. The topological polar surface area (TPSA) is 127 Å². The first-order chi connectivity index (χ1) is 16.4. The average molecular weight is 514 g/mol. The Kier molecular flexibility index (Phi) is 6.41. The van der Waals surface area contributed by atoms with Crippen molar-refractivity contribution in [2.75, 3.05) is 13.1 Å². The quantitative estimate of drug-likeness (QED) is 0.642. The molecular formula is C26H20BrN5O2. The molecule has 0 spiro atoms. The molecule has 0 saturated heterocycles. The lowest BCUT2D eigenvalue weighted by atomic mass is 9.58. The highest BCUT2D eigenvalue weighted by atomic mass is 79.9. The molecule has 0 bridgehead atoms. The van der Waals surface area contributed by atoms with E-state index in [2.05, 4.69) is 34.1 Å². The zero-order valence-corrected chi connectivity index (χ0v) is 19.7. The summed E-state index contributed by atoms with van der Waals surface area (Å²) in [4.78, 5) is 14.4. The van der Waals surface area contributed by atoms with E-state index in [0.29, 0.717) is 5.57 Å². The number of hydrogen-bond donors (Lipinski definition) is 1. The molecule has 0 aromatic heterocycles. The van der Waals surface area contributed by atoms with Crippen molar-refractivity contribution in [1.82, 2.24) is 4.90 Å². The predicted octanol–water partition coefficient (Wildman–Crippen LogP) is 4.51. The van der Waals surface area contributed by atoms with Crippen LogP contribution in [0.5, 0.6) is 0 Å². The fraction of sp³-hybridized carbons (Fsp3) is 0.231. The number of ether oxygens (including phenoxy) is 1. The molecular weight excluding hydrogens is 494 g/mol. The van der Waals surface area contributed by atoms with Crippen LogP contribution in [-0.4, -0.2) is 24.1 Å². The molecule has 168 valence electrons. The first kappa shape index (κ1) is 23.1. The maximum absolute atomic E-state index is 12.9. The lowest BCUT2D eigenvalue weighted by Crippen LogP contribution is -2.49. The summed E-state index contributed by atoms with van der Waals surface area (Å²) < 4.78 is 6.35. The molecule has 34 heavy (non-hydrogen) atoms. The van der Waals surface area contributed by atoms with Crippen LogP contribution in [0.15, 0.2) is 82.0 Å². The average Bonchev–Trinajstić information content (AvgIpc) is 2.88. The molecule has 1 aliphatic heterocycles. The fourth-order valence-electron chi connectivity index (χ4n) is 4.69. The van der Waals surface area contributed by atoms with Gasteiger partial charge in [0.2, 0.25) is 0 Å². The van der Waals surface area contributed by atoms with E-state index in [0.717, 1.165) is 15.6 Å². The van der Waals surface area contributed by atoms with Gasteiger partial charge in [-0.2, -0.15) is 15.8 Å². The van der Waals surface area contributed by atoms with Crippen LogP contribution >= 0.6 is 15.9 Å². The van der Waals surface area contributed by atoms with Crippen LogP contribution in [-0.2, 0) is 11.3 Å². The summed E-state index contributed by atoms with van der Waals surface area (Å²) in [6, 6.07) is 23.0. The number of hydrogen-bond acceptors (Lipinski definition) is 6. The van der Waals surface area contributed by atoms with Crippen molar-refractivity contribution in [3.63, 3.8) is 0 Å². The van der Waals surface area contributed by atoms with Crippen LogP contribution in [0.3, 0.4) is 0 Å². The highest BCUT2D eigenvalue weighted by molar-refractivity contribution is 9.10. The van der Waals surface area contributed by atoms with Crippen molar-refractivity contribution in [1.29, 1.82) is 15.8 Å². The molecule has 2 aromatic rings. The number of rotatable bonds is 3. The highest BCUT2D eigenvalue weighted by Crippen LogP contribution is 2.54. The van der Waals surface area contributed by atoms with Gasteiger partial charge in [-0.15, -0.1) is 0 Å². The zero-order valence-electron chi connectivity index (χ0n) is 18.1. The first-order valence-corrected chi connectivity index (χ1v) is 11.4. The number of allylic oxidation sites excluding steroid dienone is 2. The SMILES string of the molecule is N#CC1=C(N)C(C#N)(C#N)C(c2ccc(Br)cc2)C2CN(C(=O)OCc3ccccc3)CC=C12. The molecule has 1 heterocycles. The van der Waals surface area contributed by atoms with Gasteiger partial charge in [0.15, 0.2) is 5.41 Å². The molecule has 0 radical (unpaired) electrons. The molecule has 7 nitrogen and oxygen atoms in total. The number of halogens is 1.